The van der Waals surface area contributed by atoms with Crippen LogP contribution in [0.4, 0.5) is 0 Å². The van der Waals surface area contributed by atoms with Crippen molar-refractivity contribution in [1.29, 1.82) is 0 Å². The summed E-state index contributed by atoms with van der Waals surface area (Å²) in [5, 5.41) is 59.8. The quantitative estimate of drug-likeness (QED) is 0.00553. The summed E-state index contributed by atoms with van der Waals surface area (Å²) in [6.45, 7) is 78.9. The van der Waals surface area contributed by atoms with Crippen LogP contribution >= 0.6 is 7.60 Å². The standard InChI is InChI=1S/C35H54N2O4.C31H54O3.C29H42O3.C17H29O4P.3CH4.Ni/c1-32(2,3)24-17-22(18-25(30(24)40)33(4,5)6)13-15-28(38)36-21-37-29(39)16-14-23-19-26(34(7,8)9)31(41)27(20-23)35(10,11)12;1-8-9-10-11-12-13-14-15-16-17-18-19-20-21-22-34-29(33)25-23-26(30(2,3)4)28(32)27(24-25)31(5,6)7;1-26(2,3)19-13-14-23(20(17-19)27(4,5)6)32-25(31)18-15-21(28(7,8)9)24(30)22(16-18)29(10,11)12;1-8-21-22(19,20)11-12-9-13(16(2,3)4)15(18)14(10-12)17(5,6)7;;;;/h17-20,40-41H,13-16,21H2,1-12H3,(H,36,38)(H,37,39);23-24,32H,8-22H2,1-7H3;13-17,30H,1-12H3;9-10,18H,8,11H2,1-7H3,(H,19,20);3*1H4;/q;;;;;;;+2/p-1. The first-order chi connectivity index (χ1) is 58.5. The van der Waals surface area contributed by atoms with Crippen molar-refractivity contribution in [3.63, 3.8) is 0 Å². The van der Waals surface area contributed by atoms with Gasteiger partial charge < -0.3 is 59.6 Å². The molecule has 1 unspecified atom stereocenters. The van der Waals surface area contributed by atoms with Crippen molar-refractivity contribution in [1.82, 2.24) is 10.6 Å². The topological polar surface area (TPSA) is 261 Å². The fraction of sp³-hybridized carbons (Fsp3) is 0.652. The molecular formula is C115H190N2NiO14P+. The molecule has 758 valence electrons. The van der Waals surface area contributed by atoms with Gasteiger partial charge in [-0.1, -0.05) is 410 Å². The molecule has 0 aliphatic carbocycles. The van der Waals surface area contributed by atoms with Gasteiger partial charge in [0.05, 0.1) is 31.0 Å². The first-order valence-electron chi connectivity index (χ1n) is 47.9. The zero-order valence-electron chi connectivity index (χ0n) is 88.2. The van der Waals surface area contributed by atoms with Crippen LogP contribution in [0.15, 0.2) is 78.9 Å². The summed E-state index contributed by atoms with van der Waals surface area (Å²) in [6, 6.07) is 24.8. The molecule has 0 fully saturated rings. The number of nitrogens with one attached hydrogen (secondary N) is 2. The fourth-order valence-electron chi connectivity index (χ4n) is 15.5. The van der Waals surface area contributed by atoms with Crippen LogP contribution in [0.25, 0.3) is 0 Å². The van der Waals surface area contributed by atoms with E-state index in [0.717, 1.165) is 85.2 Å². The first kappa shape index (κ1) is 128. The molecule has 6 aromatic rings. The van der Waals surface area contributed by atoms with Crippen molar-refractivity contribution in [2.45, 2.75) is 472 Å². The Bertz CT molecular complexity index is 4440. The normalized spacial score (nSPS) is 12.8. The number of rotatable bonds is 30. The van der Waals surface area contributed by atoms with Crippen LogP contribution in [-0.2, 0) is 124 Å². The number of hydrogen-bond donors (Lipinski definition) is 7. The number of unbranched alkanes of at least 4 members (excludes halogenated alkanes) is 13. The molecule has 0 bridgehead atoms. The third-order valence-corrected chi connectivity index (χ3v) is 24.8. The van der Waals surface area contributed by atoms with Gasteiger partial charge in [-0.25, -0.2) is 9.59 Å². The zero-order chi connectivity index (χ0) is 99.4. The fourth-order valence-corrected chi connectivity index (χ4v) is 16.6. The molecule has 0 aliphatic rings. The molecule has 6 aromatic carbocycles. The number of aryl methyl sites for hydroxylation is 2. The number of carbonyl (C=O) groups excluding carboxylic acids is 4. The van der Waals surface area contributed by atoms with E-state index in [1.807, 2.05) is 119 Å². The van der Waals surface area contributed by atoms with E-state index in [0.29, 0.717) is 59.1 Å². The van der Waals surface area contributed by atoms with Gasteiger partial charge in [0.25, 0.3) is 0 Å². The third-order valence-electron chi connectivity index (χ3n) is 23.4. The van der Waals surface area contributed by atoms with E-state index in [2.05, 4.69) is 190 Å². The van der Waals surface area contributed by atoms with E-state index in [1.165, 1.54) is 82.6 Å². The van der Waals surface area contributed by atoms with E-state index in [9.17, 15) is 54.2 Å². The predicted octanol–water partition coefficient (Wildman–Crippen LogP) is 30.5. The molecule has 18 heteroatoms. The summed E-state index contributed by atoms with van der Waals surface area (Å²) in [5.41, 5.74) is 11.2. The number of phenols is 5. The summed E-state index contributed by atoms with van der Waals surface area (Å²) in [4.78, 5) is 63.2. The maximum absolute atomic E-state index is 13.3. The van der Waals surface area contributed by atoms with Crippen molar-refractivity contribution in [3.8, 4) is 34.5 Å². The SMILES string of the molecule is C.C.C.CC(C)(C)c1cc(CCC(=O)NCNC(=O)CCc2cc(C(C)(C)C)c(O)c(C(C)(C)C)c2)cc(C(C)(C)C)c1O.CC(C)(C)c1ccc(OC(=O)c2cc(C(C)(C)C)c(O)c(C(C)(C)C)c2)c(C(C)(C)C)c1.CCCCCCCCCCCCCCCCOC(=O)c1cc(C(C)(C)C)c(O)c(C(C)(C)C)c1.CCOP(=O)([O-])Cc1cc(C(C)(C)C)c(O)c(C(C)(C)C)c1.[Ni+2]. The number of amides is 2. The van der Waals surface area contributed by atoms with Crippen LogP contribution in [0.2, 0.25) is 0 Å². The Hall–Kier alpha value is -7.16. The predicted molar refractivity (Wildman–Crippen MR) is 558 cm³/mol. The minimum Gasteiger partial charge on any atom is -0.778 e. The summed E-state index contributed by atoms with van der Waals surface area (Å²) >= 11 is 0. The average molecular weight is 1910 g/mol. The molecule has 0 radical (unpaired) electrons. The number of esters is 2. The van der Waals surface area contributed by atoms with Crippen LogP contribution in [0, 0.1) is 0 Å². The third kappa shape index (κ3) is 42.0. The molecule has 0 spiro atoms. The Morgan fingerprint density at radius 2 is 0.579 bits per heavy atom. The van der Waals surface area contributed by atoms with Gasteiger partial charge >= 0.3 is 28.4 Å². The smallest absolute Gasteiger partial charge is 0.778 e. The van der Waals surface area contributed by atoms with Crippen molar-refractivity contribution < 1.29 is 84.7 Å². The van der Waals surface area contributed by atoms with Crippen LogP contribution in [0.3, 0.4) is 0 Å². The van der Waals surface area contributed by atoms with Gasteiger partial charge in [0.15, 0.2) is 0 Å². The number of ether oxygens (including phenoxy) is 2. The first-order valence-corrected chi connectivity index (χ1v) is 49.6. The second-order valence-electron chi connectivity index (χ2n) is 48.4. The van der Waals surface area contributed by atoms with Gasteiger partial charge in [0, 0.05) is 46.8 Å². The van der Waals surface area contributed by atoms with Gasteiger partial charge in [-0.15, -0.1) is 0 Å². The molecule has 6 rings (SSSR count). The maximum Gasteiger partial charge on any atom is 2.00 e. The number of phenolic OH excluding ortho intramolecular Hbond substituents is 5. The van der Waals surface area contributed by atoms with Gasteiger partial charge in [-0.05, 0) is 177 Å². The molecule has 0 saturated heterocycles. The largest absolute Gasteiger partial charge is 2.00 e. The zero-order valence-corrected chi connectivity index (χ0v) is 90.1. The summed E-state index contributed by atoms with van der Waals surface area (Å²) in [6.07, 6.45) is 19.9. The van der Waals surface area contributed by atoms with Crippen LogP contribution in [0.1, 0.15) is 492 Å². The minimum atomic E-state index is -3.91. The molecule has 7 N–H and O–H groups in total. The number of benzene rings is 6. The van der Waals surface area contributed by atoms with Crippen molar-refractivity contribution >= 4 is 31.3 Å². The molecule has 133 heavy (non-hydrogen) atoms. The van der Waals surface area contributed by atoms with E-state index in [-0.39, 0.29) is 165 Å². The molecule has 0 saturated carbocycles. The Morgan fingerprint density at radius 3 is 0.835 bits per heavy atom. The molecular weight excluding hydrogens is 1720 g/mol. The summed E-state index contributed by atoms with van der Waals surface area (Å²) in [5.74, 6) is 1.07. The van der Waals surface area contributed by atoms with Crippen LogP contribution in [-0.4, -0.2) is 69.2 Å². The Morgan fingerprint density at radius 1 is 0.331 bits per heavy atom. The minimum absolute atomic E-state index is 0. The van der Waals surface area contributed by atoms with Crippen LogP contribution < -0.4 is 20.3 Å². The number of carbonyl (C=O) groups is 4. The van der Waals surface area contributed by atoms with Gasteiger partial charge in [-0.3, -0.25) is 9.59 Å². The van der Waals surface area contributed by atoms with Crippen molar-refractivity contribution in [2.24, 2.45) is 0 Å². The second kappa shape index (κ2) is 52.0. The van der Waals surface area contributed by atoms with Gasteiger partial charge in [-0.2, -0.15) is 0 Å². The average Bonchev–Trinajstić information content (AvgIpc) is 0.801. The van der Waals surface area contributed by atoms with Crippen molar-refractivity contribution in [2.75, 3.05) is 19.9 Å². The maximum atomic E-state index is 13.3. The molecule has 16 nitrogen and oxygen atoms in total. The number of hydrogen-bond acceptors (Lipinski definition) is 14. The molecule has 2 amide bonds. The summed E-state index contributed by atoms with van der Waals surface area (Å²) < 4.78 is 28.4. The second-order valence-corrected chi connectivity index (χ2v) is 50.2. The van der Waals surface area contributed by atoms with E-state index in [1.54, 1.807) is 43.3 Å². The Kier molecular flexibility index (Phi) is 50.0. The molecule has 0 aliphatic heterocycles. The number of aromatic hydroxyl groups is 5. The van der Waals surface area contributed by atoms with Crippen LogP contribution in [0.5, 0.6) is 34.5 Å². The Balaban J connectivity index is 0. The Labute approximate surface area is 821 Å². The monoisotopic (exact) mass is 1910 g/mol. The molecule has 1 atom stereocenters. The summed E-state index contributed by atoms with van der Waals surface area (Å²) in [7, 11) is -3.91. The molecule has 0 aromatic heterocycles. The van der Waals surface area contributed by atoms with Crippen molar-refractivity contribution in [3.05, 3.63) is 173 Å². The van der Waals surface area contributed by atoms with E-state index in [4.69, 9.17) is 14.0 Å². The van der Waals surface area contributed by atoms with E-state index < -0.39 is 13.6 Å². The van der Waals surface area contributed by atoms with E-state index >= 15 is 0 Å². The van der Waals surface area contributed by atoms with Gasteiger partial charge in [0.1, 0.15) is 42.1 Å². The van der Waals surface area contributed by atoms with Gasteiger partial charge in [0.2, 0.25) is 11.8 Å². The molecule has 0 heterocycles.